The number of fused-ring (bicyclic) bond motifs is 1. The summed E-state index contributed by atoms with van der Waals surface area (Å²) in [6.07, 6.45) is 4.04. The summed E-state index contributed by atoms with van der Waals surface area (Å²) in [5, 5.41) is 10.3. The van der Waals surface area contributed by atoms with Gasteiger partial charge in [0.2, 0.25) is 0 Å². The van der Waals surface area contributed by atoms with E-state index in [0.29, 0.717) is 6.54 Å². The first-order chi connectivity index (χ1) is 9.07. The molecule has 0 aliphatic carbocycles. The maximum Gasteiger partial charge on any atom is 0.0683 e. The fraction of sp³-hybridized carbons (Fsp3) is 0.438. The summed E-state index contributed by atoms with van der Waals surface area (Å²) >= 11 is 0. The van der Waals surface area contributed by atoms with Crippen LogP contribution in [-0.4, -0.2) is 4.57 Å². The molecule has 2 aromatic rings. The molecule has 0 unspecified atom stereocenters. The third-order valence-electron chi connectivity index (χ3n) is 3.63. The zero-order valence-electron chi connectivity index (χ0n) is 11.7. The van der Waals surface area contributed by atoms with Crippen molar-refractivity contribution >= 4 is 10.9 Å². The van der Waals surface area contributed by atoms with Gasteiger partial charge in [-0.1, -0.05) is 12.1 Å². The van der Waals surface area contributed by atoms with Gasteiger partial charge in [0, 0.05) is 30.2 Å². The van der Waals surface area contributed by atoms with Crippen molar-refractivity contribution in [3.05, 3.63) is 36.0 Å². The molecule has 0 bridgehead atoms. The number of aromatic nitrogens is 1. The fourth-order valence-electron chi connectivity index (χ4n) is 2.41. The van der Waals surface area contributed by atoms with Crippen molar-refractivity contribution in [3.63, 3.8) is 0 Å². The Kier molecular flexibility index (Phi) is 3.92. The molecule has 3 nitrogen and oxygen atoms in total. The second-order valence-corrected chi connectivity index (χ2v) is 5.66. The molecule has 100 valence electrons. The summed E-state index contributed by atoms with van der Waals surface area (Å²) in [4.78, 5) is 0. The van der Waals surface area contributed by atoms with Gasteiger partial charge >= 0.3 is 0 Å². The number of nitrogens with two attached hydrogens (primary N) is 1. The van der Waals surface area contributed by atoms with Crippen LogP contribution in [0.1, 0.15) is 32.3 Å². The lowest BCUT2D eigenvalue weighted by atomic mass is 9.90. The van der Waals surface area contributed by atoms with E-state index < -0.39 is 0 Å². The van der Waals surface area contributed by atoms with Crippen LogP contribution in [0.4, 0.5) is 0 Å². The van der Waals surface area contributed by atoms with Gasteiger partial charge in [0.15, 0.2) is 0 Å². The highest BCUT2D eigenvalue weighted by Gasteiger charge is 2.15. The summed E-state index contributed by atoms with van der Waals surface area (Å²) in [6.45, 7) is 5.51. The third kappa shape index (κ3) is 2.97. The van der Waals surface area contributed by atoms with E-state index >= 15 is 0 Å². The van der Waals surface area contributed by atoms with Crippen molar-refractivity contribution in [2.75, 3.05) is 0 Å². The first-order valence-electron chi connectivity index (χ1n) is 6.75. The number of benzene rings is 1. The molecule has 0 fully saturated rings. The largest absolute Gasteiger partial charge is 0.347 e. The minimum absolute atomic E-state index is 0.231. The first-order valence-corrected chi connectivity index (χ1v) is 6.75. The van der Waals surface area contributed by atoms with Gasteiger partial charge in [0.05, 0.1) is 11.5 Å². The van der Waals surface area contributed by atoms with E-state index in [1.165, 1.54) is 16.5 Å². The van der Waals surface area contributed by atoms with Gasteiger partial charge in [-0.15, -0.1) is 0 Å². The van der Waals surface area contributed by atoms with Crippen LogP contribution in [0.25, 0.3) is 10.9 Å². The molecule has 0 atom stereocenters. The van der Waals surface area contributed by atoms with Crippen LogP contribution in [0.3, 0.4) is 0 Å². The van der Waals surface area contributed by atoms with Gasteiger partial charge in [-0.05, 0) is 44.4 Å². The highest BCUT2D eigenvalue weighted by Crippen LogP contribution is 2.24. The highest BCUT2D eigenvalue weighted by molar-refractivity contribution is 5.83. The van der Waals surface area contributed by atoms with Crippen molar-refractivity contribution in [3.8, 4) is 6.07 Å². The van der Waals surface area contributed by atoms with Crippen LogP contribution in [-0.2, 0) is 13.1 Å². The summed E-state index contributed by atoms with van der Waals surface area (Å²) in [5.41, 5.74) is 7.95. The lowest BCUT2D eigenvalue weighted by Gasteiger charge is -2.15. The molecule has 0 saturated heterocycles. The van der Waals surface area contributed by atoms with Gasteiger partial charge < -0.3 is 10.3 Å². The molecule has 0 spiro atoms. The molecule has 1 heterocycles. The van der Waals surface area contributed by atoms with Crippen LogP contribution >= 0.6 is 0 Å². The Labute approximate surface area is 114 Å². The minimum atomic E-state index is -0.231. The number of aryl methyl sites for hydroxylation is 1. The van der Waals surface area contributed by atoms with Crippen molar-refractivity contribution in [1.29, 1.82) is 5.26 Å². The highest BCUT2D eigenvalue weighted by atomic mass is 14.9. The number of nitrogens with zero attached hydrogens (tertiary/aromatic N) is 2. The number of hydrogen-bond acceptors (Lipinski definition) is 2. The summed E-state index contributed by atoms with van der Waals surface area (Å²) < 4.78 is 2.25. The average Bonchev–Trinajstić information content (AvgIpc) is 2.82. The summed E-state index contributed by atoms with van der Waals surface area (Å²) in [7, 11) is 0. The van der Waals surface area contributed by atoms with E-state index in [0.717, 1.165) is 19.4 Å². The molecule has 2 rings (SSSR count). The van der Waals surface area contributed by atoms with Crippen molar-refractivity contribution in [1.82, 2.24) is 4.57 Å². The zero-order valence-corrected chi connectivity index (χ0v) is 11.7. The monoisotopic (exact) mass is 255 g/mol. The predicted molar refractivity (Wildman–Crippen MR) is 78.5 cm³/mol. The van der Waals surface area contributed by atoms with Gasteiger partial charge in [-0.3, -0.25) is 0 Å². The molecule has 0 aliphatic rings. The standard InChI is InChI=1S/C16H21N3/c1-16(2,12-18)8-4-9-19-10-7-14-13(11-17)5-3-6-15(14)19/h3,5-7,10H,4,8-9,11,17H2,1-2H3. The maximum atomic E-state index is 9.02. The molecule has 0 radical (unpaired) electrons. The van der Waals surface area contributed by atoms with Crippen LogP contribution in [0.5, 0.6) is 0 Å². The molecule has 1 aromatic carbocycles. The molecule has 19 heavy (non-hydrogen) atoms. The molecular weight excluding hydrogens is 234 g/mol. The van der Waals surface area contributed by atoms with Crippen LogP contribution < -0.4 is 5.73 Å². The average molecular weight is 255 g/mol. The van der Waals surface area contributed by atoms with Crippen molar-refractivity contribution < 1.29 is 0 Å². The lowest BCUT2D eigenvalue weighted by molar-refractivity contribution is 0.418. The summed E-state index contributed by atoms with van der Waals surface area (Å²) in [5.74, 6) is 0. The Morgan fingerprint density at radius 1 is 1.32 bits per heavy atom. The molecule has 0 saturated carbocycles. The van der Waals surface area contributed by atoms with E-state index in [9.17, 15) is 0 Å². The predicted octanol–water partition coefficient (Wildman–Crippen LogP) is 3.43. The van der Waals surface area contributed by atoms with Gasteiger partial charge in [-0.25, -0.2) is 0 Å². The van der Waals surface area contributed by atoms with Crippen molar-refractivity contribution in [2.24, 2.45) is 11.1 Å². The molecule has 3 heteroatoms. The topological polar surface area (TPSA) is 54.7 Å². The van der Waals surface area contributed by atoms with E-state index in [-0.39, 0.29) is 5.41 Å². The SMILES string of the molecule is CC(C)(C#N)CCCn1ccc2c(CN)cccc21. The molecule has 2 N–H and O–H groups in total. The molecule has 1 aromatic heterocycles. The zero-order chi connectivity index (χ0) is 13.9. The number of nitriles is 1. The van der Waals surface area contributed by atoms with E-state index in [1.54, 1.807) is 0 Å². The number of rotatable bonds is 5. The van der Waals surface area contributed by atoms with Crippen LogP contribution in [0, 0.1) is 16.7 Å². The Hall–Kier alpha value is -1.79. The van der Waals surface area contributed by atoms with Crippen molar-refractivity contribution in [2.45, 2.75) is 39.8 Å². The quantitative estimate of drug-likeness (QED) is 0.889. The maximum absolute atomic E-state index is 9.02. The second kappa shape index (κ2) is 5.46. The van der Waals surface area contributed by atoms with E-state index in [2.05, 4.69) is 41.1 Å². The lowest BCUT2D eigenvalue weighted by Crippen LogP contribution is -2.09. The molecular formula is C16H21N3. The number of hydrogen-bond donors (Lipinski definition) is 1. The fourth-order valence-corrected chi connectivity index (χ4v) is 2.41. The van der Waals surface area contributed by atoms with Crippen LogP contribution in [0.2, 0.25) is 0 Å². The minimum Gasteiger partial charge on any atom is -0.347 e. The molecule has 0 aliphatic heterocycles. The molecule has 0 amide bonds. The van der Waals surface area contributed by atoms with Crippen LogP contribution in [0.15, 0.2) is 30.5 Å². The van der Waals surface area contributed by atoms with E-state index in [1.807, 2.05) is 13.8 Å². The van der Waals surface area contributed by atoms with Gasteiger partial charge in [-0.2, -0.15) is 5.26 Å². The summed E-state index contributed by atoms with van der Waals surface area (Å²) in [6, 6.07) is 10.7. The Bertz CT molecular complexity index is 602. The Balaban J connectivity index is 2.12. The van der Waals surface area contributed by atoms with Gasteiger partial charge in [0.25, 0.3) is 0 Å². The first kappa shape index (κ1) is 13.6. The van der Waals surface area contributed by atoms with Gasteiger partial charge in [0.1, 0.15) is 0 Å². The van der Waals surface area contributed by atoms with E-state index in [4.69, 9.17) is 11.0 Å². The third-order valence-corrected chi connectivity index (χ3v) is 3.63. The second-order valence-electron chi connectivity index (χ2n) is 5.66. The Morgan fingerprint density at radius 2 is 2.11 bits per heavy atom. The normalized spacial score (nSPS) is 11.7. The Morgan fingerprint density at radius 3 is 2.79 bits per heavy atom. The smallest absolute Gasteiger partial charge is 0.0683 e.